The van der Waals surface area contributed by atoms with Gasteiger partial charge in [-0.05, 0) is 54.8 Å². The molecule has 0 radical (unpaired) electrons. The molecule has 0 spiro atoms. The smallest absolute Gasteiger partial charge is 0.260 e. The number of carbonyl (C=O) groups excluding carboxylic acids is 2. The Kier molecular flexibility index (Phi) is 9.07. The van der Waals surface area contributed by atoms with Gasteiger partial charge >= 0.3 is 0 Å². The molecule has 1 heterocycles. The van der Waals surface area contributed by atoms with Crippen LogP contribution in [0, 0.1) is 5.41 Å². The van der Waals surface area contributed by atoms with Gasteiger partial charge < -0.3 is 19.3 Å². The van der Waals surface area contributed by atoms with Crippen LogP contribution >= 0.6 is 11.6 Å². The topological polar surface area (TPSA) is 59.1 Å². The minimum atomic E-state index is -0.494. The second-order valence-corrected chi connectivity index (χ2v) is 10.1. The maximum atomic E-state index is 13.4. The van der Waals surface area contributed by atoms with Crippen molar-refractivity contribution in [2.24, 2.45) is 5.41 Å². The van der Waals surface area contributed by atoms with E-state index in [0.717, 1.165) is 24.2 Å². The highest BCUT2D eigenvalue weighted by atomic mass is 35.5. The number of nitrogens with zero attached hydrogens (tertiary/aromatic N) is 2. The lowest BCUT2D eigenvalue weighted by Crippen LogP contribution is -2.51. The summed E-state index contributed by atoms with van der Waals surface area (Å²) >= 11 is 5.94. The first-order valence-electron chi connectivity index (χ1n) is 12.5. The molecule has 0 saturated carbocycles. The summed E-state index contributed by atoms with van der Waals surface area (Å²) < 4.78 is 11.9. The van der Waals surface area contributed by atoms with Crippen molar-refractivity contribution in [3.8, 4) is 11.5 Å². The SMILES string of the molecule is CN(Cc1ccccc1)C(=O)C[C@@]1(COc2ccccc2)CCCN(C(=O)COc2ccc(Cl)cc2)C1. The van der Waals surface area contributed by atoms with Crippen molar-refractivity contribution in [3.63, 3.8) is 0 Å². The van der Waals surface area contributed by atoms with E-state index in [2.05, 4.69) is 0 Å². The first kappa shape index (κ1) is 26.6. The summed E-state index contributed by atoms with van der Waals surface area (Å²) in [4.78, 5) is 30.0. The molecule has 37 heavy (non-hydrogen) atoms. The number of piperidine rings is 1. The number of para-hydroxylation sites is 1. The Hall–Kier alpha value is -3.51. The average molecular weight is 521 g/mol. The molecule has 4 rings (SSSR count). The number of hydrogen-bond donors (Lipinski definition) is 0. The van der Waals surface area contributed by atoms with Crippen LogP contribution in [-0.4, -0.2) is 55.0 Å². The minimum absolute atomic E-state index is 0.0345. The first-order valence-corrected chi connectivity index (χ1v) is 12.9. The van der Waals surface area contributed by atoms with Gasteiger partial charge in [-0.2, -0.15) is 0 Å². The van der Waals surface area contributed by atoms with E-state index in [9.17, 15) is 9.59 Å². The van der Waals surface area contributed by atoms with Crippen LogP contribution in [0.25, 0.3) is 0 Å². The van der Waals surface area contributed by atoms with Gasteiger partial charge in [-0.25, -0.2) is 0 Å². The van der Waals surface area contributed by atoms with Gasteiger partial charge in [-0.15, -0.1) is 0 Å². The third-order valence-corrected chi connectivity index (χ3v) is 6.94. The lowest BCUT2D eigenvalue weighted by molar-refractivity contribution is -0.142. The summed E-state index contributed by atoms with van der Waals surface area (Å²) in [6.07, 6.45) is 1.89. The molecule has 7 heteroatoms. The number of carbonyl (C=O) groups is 2. The second kappa shape index (κ2) is 12.6. The normalized spacial score (nSPS) is 17.2. The van der Waals surface area contributed by atoms with Gasteiger partial charge in [-0.1, -0.05) is 60.1 Å². The number of halogens is 1. The summed E-state index contributed by atoms with van der Waals surface area (Å²) in [5.74, 6) is 1.27. The van der Waals surface area contributed by atoms with Crippen molar-refractivity contribution >= 4 is 23.4 Å². The number of amides is 2. The molecular weight excluding hydrogens is 488 g/mol. The van der Waals surface area contributed by atoms with Gasteiger partial charge in [0.05, 0.1) is 6.61 Å². The Balaban J connectivity index is 1.44. The van der Waals surface area contributed by atoms with Crippen molar-refractivity contribution in [2.75, 3.05) is 33.4 Å². The third kappa shape index (κ3) is 7.73. The van der Waals surface area contributed by atoms with E-state index in [-0.39, 0.29) is 18.4 Å². The highest BCUT2D eigenvalue weighted by Crippen LogP contribution is 2.35. The molecule has 194 valence electrons. The minimum Gasteiger partial charge on any atom is -0.493 e. The van der Waals surface area contributed by atoms with Crippen molar-refractivity contribution in [1.29, 1.82) is 0 Å². The Morgan fingerprint density at radius 2 is 1.57 bits per heavy atom. The molecule has 1 aliphatic heterocycles. The molecular formula is C30H33ClN2O4. The molecule has 2 amide bonds. The van der Waals surface area contributed by atoms with Crippen LogP contribution in [0.5, 0.6) is 11.5 Å². The van der Waals surface area contributed by atoms with E-state index in [0.29, 0.717) is 43.4 Å². The van der Waals surface area contributed by atoms with E-state index in [1.165, 1.54) is 0 Å². The third-order valence-electron chi connectivity index (χ3n) is 6.69. The fraction of sp³-hybridized carbons (Fsp3) is 0.333. The zero-order valence-corrected chi connectivity index (χ0v) is 21.9. The number of ether oxygens (including phenoxy) is 2. The lowest BCUT2D eigenvalue weighted by Gasteiger charge is -2.42. The molecule has 1 aliphatic rings. The summed E-state index contributed by atoms with van der Waals surface area (Å²) in [6, 6.07) is 26.5. The first-order chi connectivity index (χ1) is 17.9. The van der Waals surface area contributed by atoms with Gasteiger partial charge in [0.25, 0.3) is 5.91 Å². The molecule has 0 aliphatic carbocycles. The maximum absolute atomic E-state index is 13.4. The number of hydrogen-bond acceptors (Lipinski definition) is 4. The van der Waals surface area contributed by atoms with Crippen molar-refractivity contribution in [1.82, 2.24) is 9.80 Å². The largest absolute Gasteiger partial charge is 0.493 e. The number of rotatable bonds is 10. The van der Waals surface area contributed by atoms with Gasteiger partial charge in [0.2, 0.25) is 5.91 Å². The fourth-order valence-corrected chi connectivity index (χ4v) is 4.78. The molecule has 1 atom stereocenters. The quantitative estimate of drug-likeness (QED) is 0.356. The Labute approximate surface area is 223 Å². The Morgan fingerprint density at radius 3 is 2.27 bits per heavy atom. The van der Waals surface area contributed by atoms with Gasteiger partial charge in [0, 0.05) is 43.5 Å². The molecule has 1 fully saturated rings. The van der Waals surface area contributed by atoms with Crippen LogP contribution in [0.2, 0.25) is 5.02 Å². The summed E-state index contributed by atoms with van der Waals surface area (Å²) in [7, 11) is 1.83. The molecule has 3 aromatic carbocycles. The highest BCUT2D eigenvalue weighted by molar-refractivity contribution is 6.30. The van der Waals surface area contributed by atoms with Crippen LogP contribution in [0.3, 0.4) is 0 Å². The van der Waals surface area contributed by atoms with Crippen LogP contribution in [0.4, 0.5) is 0 Å². The van der Waals surface area contributed by atoms with Gasteiger partial charge in [0.15, 0.2) is 6.61 Å². The van der Waals surface area contributed by atoms with E-state index in [1.807, 2.05) is 67.7 Å². The molecule has 3 aromatic rings. The average Bonchev–Trinajstić information content (AvgIpc) is 2.93. The fourth-order valence-electron chi connectivity index (χ4n) is 4.66. The summed E-state index contributed by atoms with van der Waals surface area (Å²) in [5, 5.41) is 0.611. The van der Waals surface area contributed by atoms with E-state index in [1.54, 1.807) is 34.1 Å². The van der Waals surface area contributed by atoms with Crippen LogP contribution in [0.15, 0.2) is 84.9 Å². The van der Waals surface area contributed by atoms with Crippen LogP contribution in [0.1, 0.15) is 24.8 Å². The second-order valence-electron chi connectivity index (χ2n) is 9.68. The Morgan fingerprint density at radius 1 is 0.919 bits per heavy atom. The van der Waals surface area contributed by atoms with Gasteiger partial charge in [-0.3, -0.25) is 9.59 Å². The summed E-state index contributed by atoms with van der Waals surface area (Å²) in [5.41, 5.74) is 0.583. The Bertz CT molecular complexity index is 1160. The molecule has 6 nitrogen and oxygen atoms in total. The van der Waals surface area contributed by atoms with E-state index in [4.69, 9.17) is 21.1 Å². The predicted molar refractivity (Wildman–Crippen MR) is 145 cm³/mol. The molecule has 0 aromatic heterocycles. The number of benzene rings is 3. The van der Waals surface area contributed by atoms with Crippen LogP contribution < -0.4 is 9.47 Å². The maximum Gasteiger partial charge on any atom is 0.260 e. The molecule has 0 bridgehead atoms. The van der Waals surface area contributed by atoms with E-state index >= 15 is 0 Å². The monoisotopic (exact) mass is 520 g/mol. The van der Waals surface area contributed by atoms with Gasteiger partial charge in [0.1, 0.15) is 11.5 Å². The van der Waals surface area contributed by atoms with Crippen LogP contribution in [-0.2, 0) is 16.1 Å². The molecule has 0 unspecified atom stereocenters. The zero-order valence-electron chi connectivity index (χ0n) is 21.1. The highest BCUT2D eigenvalue weighted by Gasteiger charge is 2.40. The number of likely N-dealkylation sites (tertiary alicyclic amines) is 1. The van der Waals surface area contributed by atoms with Crippen molar-refractivity contribution in [2.45, 2.75) is 25.8 Å². The summed E-state index contributed by atoms with van der Waals surface area (Å²) in [6.45, 7) is 1.88. The molecule has 1 saturated heterocycles. The molecule has 0 N–H and O–H groups in total. The lowest BCUT2D eigenvalue weighted by atomic mass is 9.77. The van der Waals surface area contributed by atoms with E-state index < -0.39 is 5.41 Å². The van der Waals surface area contributed by atoms with Crippen molar-refractivity contribution < 1.29 is 19.1 Å². The predicted octanol–water partition coefficient (Wildman–Crippen LogP) is 5.46. The zero-order chi connectivity index (χ0) is 26.1. The van der Waals surface area contributed by atoms with Crippen molar-refractivity contribution in [3.05, 3.63) is 95.5 Å². The standard InChI is InChI=1S/C30H33ClN2O4/c1-32(20-24-9-4-2-5-10-24)28(34)19-30(23-37-26-11-6-3-7-12-26)17-8-18-33(22-30)29(35)21-36-27-15-13-25(31)14-16-27/h2-7,9-16H,8,17-23H2,1H3/t30-/m0/s1.